The van der Waals surface area contributed by atoms with Crippen LogP contribution in [0.2, 0.25) is 0 Å². The Labute approximate surface area is 120 Å². The fraction of sp³-hybridized carbons (Fsp3) is 0.462. The first-order chi connectivity index (χ1) is 9.48. The number of nitro benzene ring substituents is 1. The highest BCUT2D eigenvalue weighted by molar-refractivity contribution is 8.00. The molecule has 1 fully saturated rings. The molecule has 2 unspecified atom stereocenters. The second-order valence-corrected chi connectivity index (χ2v) is 6.19. The van der Waals surface area contributed by atoms with Crippen LogP contribution in [-0.4, -0.2) is 33.8 Å². The summed E-state index contributed by atoms with van der Waals surface area (Å²) in [4.78, 5) is 22.5. The minimum atomic E-state index is -0.902. The number of aliphatic carboxylic acids is 1. The number of nitro groups is 1. The minimum absolute atomic E-state index is 0.0691. The number of hydrogen-bond donors (Lipinski definition) is 2. The zero-order valence-corrected chi connectivity index (χ0v) is 11.9. The summed E-state index contributed by atoms with van der Waals surface area (Å²) in [6.45, 7) is 0. The van der Waals surface area contributed by atoms with E-state index in [0.29, 0.717) is 17.7 Å². The molecular weight excluding hydrogens is 280 g/mol. The van der Waals surface area contributed by atoms with Crippen molar-refractivity contribution in [3.8, 4) is 0 Å². The van der Waals surface area contributed by atoms with Gasteiger partial charge in [0.1, 0.15) is 5.54 Å². The maximum atomic E-state index is 11.3. The molecule has 2 atom stereocenters. The van der Waals surface area contributed by atoms with Crippen LogP contribution in [0.1, 0.15) is 19.3 Å². The zero-order valence-electron chi connectivity index (χ0n) is 11.0. The number of rotatable bonds is 5. The molecule has 6 nitrogen and oxygen atoms in total. The van der Waals surface area contributed by atoms with Gasteiger partial charge in [-0.2, -0.15) is 0 Å². The molecule has 1 saturated carbocycles. The van der Waals surface area contributed by atoms with Gasteiger partial charge >= 0.3 is 5.97 Å². The topological polar surface area (TPSA) is 92.5 Å². The monoisotopic (exact) mass is 296 g/mol. The Hall–Kier alpha value is -1.60. The van der Waals surface area contributed by atoms with Crippen LogP contribution < -0.4 is 5.32 Å². The van der Waals surface area contributed by atoms with Crippen molar-refractivity contribution in [1.82, 2.24) is 5.32 Å². The van der Waals surface area contributed by atoms with E-state index >= 15 is 0 Å². The smallest absolute Gasteiger partial charge is 0.323 e. The summed E-state index contributed by atoms with van der Waals surface area (Å²) < 4.78 is 0. The molecule has 1 aliphatic rings. The second-order valence-electron chi connectivity index (χ2n) is 4.84. The summed E-state index contributed by atoms with van der Waals surface area (Å²) in [5.74, 6) is -0.856. The Kier molecular flexibility index (Phi) is 4.29. The van der Waals surface area contributed by atoms with E-state index in [1.807, 2.05) is 0 Å². The first kappa shape index (κ1) is 14.8. The molecule has 0 aliphatic heterocycles. The molecule has 0 bridgehead atoms. The third-order valence-electron chi connectivity index (χ3n) is 3.71. The van der Waals surface area contributed by atoms with Crippen LogP contribution >= 0.6 is 11.8 Å². The molecular formula is C13H16N2O4S. The Balaban J connectivity index is 2.13. The Morgan fingerprint density at radius 1 is 1.55 bits per heavy atom. The van der Waals surface area contributed by atoms with Crippen molar-refractivity contribution in [2.75, 3.05) is 7.05 Å². The van der Waals surface area contributed by atoms with Gasteiger partial charge in [-0.1, -0.05) is 12.1 Å². The van der Waals surface area contributed by atoms with Gasteiger partial charge in [-0.25, -0.2) is 0 Å². The predicted molar refractivity (Wildman–Crippen MR) is 76.0 cm³/mol. The van der Waals surface area contributed by atoms with Gasteiger partial charge in [0.25, 0.3) is 5.69 Å². The molecule has 7 heteroatoms. The Morgan fingerprint density at radius 2 is 2.25 bits per heavy atom. The SMILES string of the molecule is CNC1(C(=O)O)CCC(Sc2ccccc2[N+](=O)[O-])C1. The third kappa shape index (κ3) is 2.78. The molecule has 20 heavy (non-hydrogen) atoms. The summed E-state index contributed by atoms with van der Waals surface area (Å²) >= 11 is 1.40. The molecule has 0 radical (unpaired) electrons. The van der Waals surface area contributed by atoms with Crippen molar-refractivity contribution in [3.63, 3.8) is 0 Å². The Morgan fingerprint density at radius 3 is 2.80 bits per heavy atom. The van der Waals surface area contributed by atoms with E-state index in [1.165, 1.54) is 17.8 Å². The molecule has 2 N–H and O–H groups in total. The average molecular weight is 296 g/mol. The molecule has 1 aromatic carbocycles. The van der Waals surface area contributed by atoms with E-state index in [4.69, 9.17) is 0 Å². The first-order valence-electron chi connectivity index (χ1n) is 6.31. The van der Waals surface area contributed by atoms with E-state index in [0.717, 1.165) is 6.42 Å². The summed E-state index contributed by atoms with van der Waals surface area (Å²) in [5, 5.41) is 23.2. The van der Waals surface area contributed by atoms with Gasteiger partial charge in [-0.15, -0.1) is 11.8 Å². The van der Waals surface area contributed by atoms with Crippen LogP contribution in [0.3, 0.4) is 0 Å². The van der Waals surface area contributed by atoms with Crippen LogP contribution in [0.4, 0.5) is 5.69 Å². The van der Waals surface area contributed by atoms with Gasteiger partial charge in [0.15, 0.2) is 0 Å². The number of benzene rings is 1. The maximum absolute atomic E-state index is 11.3. The number of nitrogens with one attached hydrogen (secondary N) is 1. The van der Waals surface area contributed by atoms with Crippen LogP contribution in [0.5, 0.6) is 0 Å². The summed E-state index contributed by atoms with van der Waals surface area (Å²) in [5.41, 5.74) is -0.823. The molecule has 1 aromatic rings. The number of thioether (sulfide) groups is 1. The zero-order chi connectivity index (χ0) is 14.8. The number of nitrogens with zero attached hydrogens (tertiary/aromatic N) is 1. The van der Waals surface area contributed by atoms with Crippen molar-refractivity contribution < 1.29 is 14.8 Å². The molecule has 0 spiro atoms. The summed E-state index contributed by atoms with van der Waals surface area (Å²) in [7, 11) is 1.64. The lowest BCUT2D eigenvalue weighted by Gasteiger charge is -2.23. The standard InChI is InChI=1S/C13H16N2O4S/c1-14-13(12(16)17)7-6-9(8-13)20-11-5-3-2-4-10(11)15(18)19/h2-5,9,14H,6-8H2,1H3,(H,16,17). The van der Waals surface area contributed by atoms with Crippen LogP contribution in [0.15, 0.2) is 29.2 Å². The van der Waals surface area contributed by atoms with Crippen molar-refractivity contribution in [2.24, 2.45) is 0 Å². The normalized spacial score (nSPS) is 25.6. The highest BCUT2D eigenvalue weighted by atomic mass is 32.2. The molecule has 0 amide bonds. The third-order valence-corrected chi connectivity index (χ3v) is 5.05. The average Bonchev–Trinajstić information content (AvgIpc) is 2.84. The highest BCUT2D eigenvalue weighted by Crippen LogP contribution is 2.42. The number of likely N-dealkylation sites (N-methyl/N-ethyl adjacent to an activating group) is 1. The molecule has 108 valence electrons. The van der Waals surface area contributed by atoms with E-state index in [2.05, 4.69) is 5.32 Å². The lowest BCUT2D eigenvalue weighted by molar-refractivity contribution is -0.387. The van der Waals surface area contributed by atoms with Gasteiger partial charge in [-0.3, -0.25) is 14.9 Å². The molecule has 0 aromatic heterocycles. The quantitative estimate of drug-likeness (QED) is 0.639. The van der Waals surface area contributed by atoms with Gasteiger partial charge in [0, 0.05) is 11.3 Å². The number of hydrogen-bond acceptors (Lipinski definition) is 5. The van der Waals surface area contributed by atoms with Gasteiger partial charge in [0.2, 0.25) is 0 Å². The van der Waals surface area contributed by atoms with Gasteiger partial charge in [0.05, 0.1) is 9.82 Å². The van der Waals surface area contributed by atoms with Crippen LogP contribution in [-0.2, 0) is 4.79 Å². The summed E-state index contributed by atoms with van der Waals surface area (Å²) in [6.07, 6.45) is 1.73. The fourth-order valence-corrected chi connectivity index (χ4v) is 3.90. The maximum Gasteiger partial charge on any atom is 0.323 e. The molecule has 2 rings (SSSR count). The number of para-hydroxylation sites is 1. The van der Waals surface area contributed by atoms with E-state index in [1.54, 1.807) is 25.2 Å². The molecule has 0 saturated heterocycles. The van der Waals surface area contributed by atoms with E-state index < -0.39 is 16.4 Å². The lowest BCUT2D eigenvalue weighted by atomic mass is 9.99. The fourth-order valence-electron chi connectivity index (χ4n) is 2.52. The van der Waals surface area contributed by atoms with Crippen LogP contribution in [0.25, 0.3) is 0 Å². The largest absolute Gasteiger partial charge is 0.480 e. The first-order valence-corrected chi connectivity index (χ1v) is 7.19. The van der Waals surface area contributed by atoms with Gasteiger partial charge < -0.3 is 10.4 Å². The predicted octanol–water partition coefficient (Wildman–Crippen LogP) is 2.28. The van der Waals surface area contributed by atoms with Crippen molar-refractivity contribution in [3.05, 3.63) is 34.4 Å². The molecule has 0 heterocycles. The van der Waals surface area contributed by atoms with Gasteiger partial charge in [-0.05, 0) is 32.4 Å². The molecule has 1 aliphatic carbocycles. The number of carboxylic acid groups (broad SMARTS) is 1. The van der Waals surface area contributed by atoms with Crippen LogP contribution in [0, 0.1) is 10.1 Å². The minimum Gasteiger partial charge on any atom is -0.480 e. The lowest BCUT2D eigenvalue weighted by Crippen LogP contribution is -2.48. The van der Waals surface area contributed by atoms with Crippen molar-refractivity contribution in [1.29, 1.82) is 0 Å². The number of carbonyl (C=O) groups is 1. The number of carboxylic acids is 1. The van der Waals surface area contributed by atoms with Crippen molar-refractivity contribution >= 4 is 23.4 Å². The van der Waals surface area contributed by atoms with Crippen molar-refractivity contribution in [2.45, 2.75) is 34.9 Å². The highest BCUT2D eigenvalue weighted by Gasteiger charge is 2.44. The second kappa shape index (κ2) is 5.80. The Bertz CT molecular complexity index is 537. The van der Waals surface area contributed by atoms with E-state index in [-0.39, 0.29) is 10.9 Å². The summed E-state index contributed by atoms with van der Waals surface area (Å²) in [6, 6.07) is 6.57. The van der Waals surface area contributed by atoms with E-state index in [9.17, 15) is 20.0 Å².